The molecular formula is C8H14O. The molecule has 0 fully saturated rings. The first kappa shape index (κ1) is 8.45. The van der Waals surface area contributed by atoms with Gasteiger partial charge in [-0.15, -0.1) is 0 Å². The zero-order valence-corrected chi connectivity index (χ0v) is 6.24. The Morgan fingerprint density at radius 3 is 2.44 bits per heavy atom. The van der Waals surface area contributed by atoms with Crippen LogP contribution in [0.15, 0.2) is 5.57 Å². The van der Waals surface area contributed by atoms with E-state index in [0.29, 0.717) is 0 Å². The quantitative estimate of drug-likeness (QED) is 0.528. The molecular weight excluding hydrogens is 112 g/mol. The average Bonchev–Trinajstić information content (AvgIpc) is 1.91. The summed E-state index contributed by atoms with van der Waals surface area (Å²) in [6, 6.07) is 0. The molecule has 0 radical (unpaired) electrons. The maximum atomic E-state index is 10.1. The summed E-state index contributed by atoms with van der Waals surface area (Å²) in [4.78, 5) is 10.1. The van der Waals surface area contributed by atoms with E-state index in [1.807, 2.05) is 12.9 Å². The van der Waals surface area contributed by atoms with E-state index in [2.05, 4.69) is 6.92 Å². The van der Waals surface area contributed by atoms with Crippen LogP contribution in [0.1, 0.15) is 39.5 Å². The molecule has 0 aliphatic rings. The van der Waals surface area contributed by atoms with Gasteiger partial charge in [-0.1, -0.05) is 20.3 Å². The monoisotopic (exact) mass is 126 g/mol. The van der Waals surface area contributed by atoms with Crippen LogP contribution in [-0.2, 0) is 4.79 Å². The van der Waals surface area contributed by atoms with E-state index in [-0.39, 0.29) is 0 Å². The van der Waals surface area contributed by atoms with Crippen LogP contribution in [-0.4, -0.2) is 5.94 Å². The second-order valence-electron chi connectivity index (χ2n) is 2.16. The summed E-state index contributed by atoms with van der Waals surface area (Å²) in [5, 5.41) is 0. The van der Waals surface area contributed by atoms with E-state index in [4.69, 9.17) is 0 Å². The molecule has 0 saturated carbocycles. The molecule has 0 aliphatic carbocycles. The molecule has 0 aromatic carbocycles. The van der Waals surface area contributed by atoms with Crippen molar-refractivity contribution in [1.82, 2.24) is 0 Å². The second kappa shape index (κ2) is 5.58. The van der Waals surface area contributed by atoms with Crippen molar-refractivity contribution in [2.45, 2.75) is 39.5 Å². The Morgan fingerprint density at radius 1 is 1.44 bits per heavy atom. The topological polar surface area (TPSA) is 17.1 Å². The Morgan fingerprint density at radius 2 is 2.11 bits per heavy atom. The minimum atomic E-state index is 0.865. The molecule has 0 aromatic heterocycles. The maximum Gasteiger partial charge on any atom is 0.123 e. The Bertz CT molecular complexity index is 110. The lowest BCUT2D eigenvalue weighted by Gasteiger charge is -1.94. The summed E-state index contributed by atoms with van der Waals surface area (Å²) in [5.74, 6) is 1.95. The lowest BCUT2D eigenvalue weighted by molar-refractivity contribution is 0.564. The van der Waals surface area contributed by atoms with Gasteiger partial charge in [0.1, 0.15) is 5.94 Å². The van der Waals surface area contributed by atoms with E-state index in [9.17, 15) is 4.79 Å². The van der Waals surface area contributed by atoms with Crippen LogP contribution in [0, 0.1) is 0 Å². The fourth-order valence-corrected chi connectivity index (χ4v) is 0.690. The summed E-state index contributed by atoms with van der Waals surface area (Å²) < 4.78 is 0. The van der Waals surface area contributed by atoms with Crippen molar-refractivity contribution in [3.8, 4) is 0 Å². The molecule has 0 aliphatic heterocycles. The van der Waals surface area contributed by atoms with Crippen LogP contribution < -0.4 is 0 Å². The fourth-order valence-electron chi connectivity index (χ4n) is 0.690. The molecule has 1 heteroatoms. The highest BCUT2D eigenvalue weighted by Crippen LogP contribution is 2.06. The Balaban J connectivity index is 3.45. The van der Waals surface area contributed by atoms with Crippen molar-refractivity contribution in [2.24, 2.45) is 0 Å². The van der Waals surface area contributed by atoms with E-state index in [1.54, 1.807) is 0 Å². The number of carbonyl (C=O) groups excluding carboxylic acids is 1. The summed E-state index contributed by atoms with van der Waals surface area (Å²) >= 11 is 0. The first-order valence-electron chi connectivity index (χ1n) is 3.58. The zero-order valence-electron chi connectivity index (χ0n) is 6.24. The number of hydrogen-bond donors (Lipinski definition) is 0. The summed E-state index contributed by atoms with van der Waals surface area (Å²) in [6.07, 6.45) is 4.09. The average molecular weight is 126 g/mol. The fraction of sp³-hybridized carbons (Fsp3) is 0.750. The molecule has 9 heavy (non-hydrogen) atoms. The Hall–Kier alpha value is -0.550. The van der Waals surface area contributed by atoms with Crippen molar-refractivity contribution in [2.75, 3.05) is 0 Å². The van der Waals surface area contributed by atoms with Gasteiger partial charge in [0, 0.05) is 5.57 Å². The van der Waals surface area contributed by atoms with Crippen molar-refractivity contribution >= 4 is 5.94 Å². The molecule has 0 saturated heterocycles. The largest absolute Gasteiger partial charge is 0.234 e. The predicted molar refractivity (Wildman–Crippen MR) is 39.0 cm³/mol. The van der Waals surface area contributed by atoms with Crippen molar-refractivity contribution in [3.05, 3.63) is 5.57 Å². The molecule has 0 rings (SSSR count). The second-order valence-corrected chi connectivity index (χ2v) is 2.16. The van der Waals surface area contributed by atoms with Crippen LogP contribution in [0.2, 0.25) is 0 Å². The van der Waals surface area contributed by atoms with Crippen LogP contribution in [0.5, 0.6) is 0 Å². The first-order valence-corrected chi connectivity index (χ1v) is 3.58. The minimum Gasteiger partial charge on any atom is -0.234 e. The van der Waals surface area contributed by atoms with Gasteiger partial charge >= 0.3 is 0 Å². The summed E-state index contributed by atoms with van der Waals surface area (Å²) in [5.41, 5.74) is 0.928. The Kier molecular flexibility index (Phi) is 5.24. The van der Waals surface area contributed by atoms with Crippen molar-refractivity contribution < 1.29 is 4.79 Å². The minimum absolute atomic E-state index is 0.865. The first-order chi connectivity index (χ1) is 4.35. The number of hydrogen-bond acceptors (Lipinski definition) is 1. The van der Waals surface area contributed by atoms with E-state index in [0.717, 1.165) is 31.3 Å². The smallest absolute Gasteiger partial charge is 0.123 e. The number of rotatable bonds is 4. The van der Waals surface area contributed by atoms with E-state index >= 15 is 0 Å². The third-order valence-corrected chi connectivity index (χ3v) is 1.40. The lowest BCUT2D eigenvalue weighted by Crippen LogP contribution is -1.81. The molecule has 52 valence electrons. The molecule has 0 N–H and O–H groups in total. The van der Waals surface area contributed by atoms with Crippen molar-refractivity contribution in [1.29, 1.82) is 0 Å². The van der Waals surface area contributed by atoms with Gasteiger partial charge in [-0.2, -0.15) is 0 Å². The van der Waals surface area contributed by atoms with Crippen LogP contribution in [0.4, 0.5) is 0 Å². The summed E-state index contributed by atoms with van der Waals surface area (Å²) in [6.45, 7) is 4.12. The van der Waals surface area contributed by atoms with Crippen LogP contribution >= 0.6 is 0 Å². The highest BCUT2D eigenvalue weighted by molar-refractivity contribution is 5.51. The van der Waals surface area contributed by atoms with Gasteiger partial charge in [0.25, 0.3) is 0 Å². The summed E-state index contributed by atoms with van der Waals surface area (Å²) in [7, 11) is 0. The molecule has 0 spiro atoms. The molecule has 0 aromatic rings. The van der Waals surface area contributed by atoms with E-state index < -0.39 is 0 Å². The number of allylic oxidation sites excluding steroid dienone is 1. The molecule has 1 nitrogen and oxygen atoms in total. The van der Waals surface area contributed by atoms with Gasteiger partial charge in [-0.25, -0.2) is 4.79 Å². The normalized spacial score (nSPS) is 8.67. The lowest BCUT2D eigenvalue weighted by atomic mass is 10.1. The van der Waals surface area contributed by atoms with Gasteiger partial charge in [-0.05, 0) is 19.3 Å². The SMILES string of the molecule is CCCCC(=C=O)CC. The third-order valence-electron chi connectivity index (χ3n) is 1.40. The van der Waals surface area contributed by atoms with Crippen LogP contribution in [0.3, 0.4) is 0 Å². The van der Waals surface area contributed by atoms with Gasteiger partial charge in [0.2, 0.25) is 0 Å². The van der Waals surface area contributed by atoms with Crippen LogP contribution in [0.25, 0.3) is 0 Å². The number of unbranched alkanes of at least 4 members (excludes halogenated alkanes) is 1. The molecule has 0 bridgehead atoms. The van der Waals surface area contributed by atoms with Gasteiger partial charge in [-0.3, -0.25) is 0 Å². The van der Waals surface area contributed by atoms with Gasteiger partial charge < -0.3 is 0 Å². The predicted octanol–water partition coefficient (Wildman–Crippen LogP) is 2.34. The Labute approximate surface area is 56.8 Å². The highest BCUT2D eigenvalue weighted by atomic mass is 16.1. The highest BCUT2D eigenvalue weighted by Gasteiger charge is 1.91. The zero-order chi connectivity index (χ0) is 7.11. The van der Waals surface area contributed by atoms with Gasteiger partial charge in [0.05, 0.1) is 0 Å². The molecule has 0 unspecified atom stereocenters. The third kappa shape index (κ3) is 3.99. The van der Waals surface area contributed by atoms with Gasteiger partial charge in [0.15, 0.2) is 0 Å². The maximum absolute atomic E-state index is 10.1. The van der Waals surface area contributed by atoms with E-state index in [1.165, 1.54) is 0 Å². The van der Waals surface area contributed by atoms with Crippen molar-refractivity contribution in [3.63, 3.8) is 0 Å². The molecule has 0 heterocycles. The molecule has 0 amide bonds. The molecule has 0 atom stereocenters. The standard InChI is InChI=1S/C8H14O/c1-3-5-6-8(4-2)7-9/h3-6H2,1-2H3.